The van der Waals surface area contributed by atoms with Crippen LogP contribution < -0.4 is 10.6 Å². The van der Waals surface area contributed by atoms with E-state index >= 15 is 0 Å². The first kappa shape index (κ1) is 17.0. The molecule has 0 aromatic heterocycles. The Balaban J connectivity index is 2.80. The highest BCUT2D eigenvalue weighted by Crippen LogP contribution is 2.36. The van der Waals surface area contributed by atoms with Crippen LogP contribution in [0.4, 0.5) is 18.9 Å². The summed E-state index contributed by atoms with van der Waals surface area (Å²) in [5.41, 5.74) is -1.11. The summed E-state index contributed by atoms with van der Waals surface area (Å²) in [7, 11) is 0. The van der Waals surface area contributed by atoms with Gasteiger partial charge >= 0.3 is 6.18 Å². The third kappa shape index (κ3) is 5.13. The predicted octanol–water partition coefficient (Wildman–Crippen LogP) is 3.79. The Morgan fingerprint density at radius 1 is 1.40 bits per heavy atom. The van der Waals surface area contributed by atoms with Crippen molar-refractivity contribution in [3.05, 3.63) is 28.2 Å². The molecule has 1 atom stereocenters. The molecular weight excluding hydrogens is 337 g/mol. The van der Waals surface area contributed by atoms with Gasteiger partial charge in [-0.1, -0.05) is 22.9 Å². The minimum Gasteiger partial charge on any atom is -0.324 e. The first-order chi connectivity index (χ1) is 9.24. The van der Waals surface area contributed by atoms with Gasteiger partial charge in [0.1, 0.15) is 0 Å². The van der Waals surface area contributed by atoms with Crippen LogP contribution in [-0.2, 0) is 11.0 Å². The van der Waals surface area contributed by atoms with E-state index in [-0.39, 0.29) is 18.3 Å². The van der Waals surface area contributed by atoms with Gasteiger partial charge in [0.2, 0.25) is 5.91 Å². The zero-order valence-corrected chi connectivity index (χ0v) is 12.7. The summed E-state index contributed by atoms with van der Waals surface area (Å²) in [6.45, 7) is 3.82. The highest BCUT2D eigenvalue weighted by atomic mass is 79.9. The normalized spacial score (nSPS) is 13.1. The Labute approximate surface area is 124 Å². The molecule has 20 heavy (non-hydrogen) atoms. The van der Waals surface area contributed by atoms with Gasteiger partial charge in [0.05, 0.1) is 17.8 Å². The largest absolute Gasteiger partial charge is 0.418 e. The maximum Gasteiger partial charge on any atom is 0.418 e. The molecule has 0 aliphatic carbocycles. The third-order valence-corrected chi connectivity index (χ3v) is 3.28. The number of carbonyl (C=O) groups excluding carboxylic acids is 1. The molecule has 0 heterocycles. The Hall–Kier alpha value is -1.08. The lowest BCUT2D eigenvalue weighted by Gasteiger charge is -2.15. The van der Waals surface area contributed by atoms with Crippen LogP contribution in [0.25, 0.3) is 0 Å². The Bertz CT molecular complexity index is 477. The topological polar surface area (TPSA) is 41.1 Å². The van der Waals surface area contributed by atoms with Crippen molar-refractivity contribution in [3.63, 3.8) is 0 Å². The summed E-state index contributed by atoms with van der Waals surface area (Å²) < 4.78 is 38.9. The van der Waals surface area contributed by atoms with Crippen molar-refractivity contribution in [2.45, 2.75) is 32.5 Å². The molecule has 0 saturated heterocycles. The summed E-state index contributed by atoms with van der Waals surface area (Å²) in [4.78, 5) is 11.6. The maximum absolute atomic E-state index is 12.9. The van der Waals surface area contributed by atoms with Gasteiger partial charge in [0, 0.05) is 10.5 Å². The molecular formula is C13H16BrF3N2O. The molecule has 1 aromatic carbocycles. The van der Waals surface area contributed by atoms with E-state index in [1.54, 1.807) is 0 Å². The first-order valence-corrected chi connectivity index (χ1v) is 6.93. The molecule has 0 aliphatic rings. The van der Waals surface area contributed by atoms with Crippen LogP contribution in [0.1, 0.15) is 25.8 Å². The smallest absolute Gasteiger partial charge is 0.324 e. The Kier molecular flexibility index (Phi) is 6.01. The number of halogens is 4. The molecule has 1 unspecified atom stereocenters. The monoisotopic (exact) mass is 352 g/mol. The summed E-state index contributed by atoms with van der Waals surface area (Å²) in [5.74, 6) is -0.502. The van der Waals surface area contributed by atoms with E-state index in [1.165, 1.54) is 12.1 Å². The van der Waals surface area contributed by atoms with Crippen molar-refractivity contribution in [1.82, 2.24) is 5.32 Å². The molecule has 0 aliphatic heterocycles. The van der Waals surface area contributed by atoms with E-state index in [0.29, 0.717) is 4.47 Å². The van der Waals surface area contributed by atoms with Crippen LogP contribution in [0.2, 0.25) is 0 Å². The number of hydrogen-bond donors (Lipinski definition) is 2. The fourth-order valence-corrected chi connectivity index (χ4v) is 1.83. The van der Waals surface area contributed by atoms with Crippen LogP contribution in [-0.4, -0.2) is 18.5 Å². The van der Waals surface area contributed by atoms with Gasteiger partial charge < -0.3 is 10.6 Å². The third-order valence-electron chi connectivity index (χ3n) is 2.78. The van der Waals surface area contributed by atoms with Crippen molar-refractivity contribution >= 4 is 27.5 Å². The molecule has 3 nitrogen and oxygen atoms in total. The average molecular weight is 353 g/mol. The average Bonchev–Trinajstić information content (AvgIpc) is 2.36. The van der Waals surface area contributed by atoms with Crippen LogP contribution >= 0.6 is 15.9 Å². The molecule has 0 bridgehead atoms. The van der Waals surface area contributed by atoms with Crippen molar-refractivity contribution in [2.24, 2.45) is 0 Å². The van der Waals surface area contributed by atoms with E-state index in [0.717, 1.165) is 12.5 Å². The molecule has 0 radical (unpaired) electrons. The van der Waals surface area contributed by atoms with Gasteiger partial charge in [-0.15, -0.1) is 0 Å². The molecule has 0 fully saturated rings. The molecule has 1 rings (SSSR count). The highest BCUT2D eigenvalue weighted by molar-refractivity contribution is 9.10. The van der Waals surface area contributed by atoms with Crippen LogP contribution in [0, 0.1) is 0 Å². The molecule has 0 saturated carbocycles. The standard InChI is InChI=1S/C13H16BrF3N2O/c1-3-8(2)18-7-12(20)19-11-5-4-9(14)6-10(11)13(15,16)17/h4-6,8,18H,3,7H2,1-2H3,(H,19,20). The molecule has 2 N–H and O–H groups in total. The number of alkyl halides is 3. The number of amides is 1. The molecule has 1 aromatic rings. The number of rotatable bonds is 5. The van der Waals surface area contributed by atoms with Gasteiger partial charge in [-0.25, -0.2) is 0 Å². The zero-order valence-electron chi connectivity index (χ0n) is 11.1. The second kappa shape index (κ2) is 7.08. The van der Waals surface area contributed by atoms with Gasteiger partial charge in [-0.2, -0.15) is 13.2 Å². The summed E-state index contributed by atoms with van der Waals surface area (Å²) in [6.07, 6.45) is -3.68. The van der Waals surface area contributed by atoms with Crippen LogP contribution in [0.15, 0.2) is 22.7 Å². The maximum atomic E-state index is 12.9. The molecule has 0 spiro atoms. The molecule has 1 amide bonds. The van der Waals surface area contributed by atoms with Crippen molar-refractivity contribution in [1.29, 1.82) is 0 Å². The lowest BCUT2D eigenvalue weighted by atomic mass is 10.1. The fraction of sp³-hybridized carbons (Fsp3) is 0.462. The second-order valence-corrected chi connectivity index (χ2v) is 5.34. The van der Waals surface area contributed by atoms with Crippen molar-refractivity contribution in [3.8, 4) is 0 Å². The van der Waals surface area contributed by atoms with Crippen LogP contribution in [0.3, 0.4) is 0 Å². The lowest BCUT2D eigenvalue weighted by Crippen LogP contribution is -2.34. The minimum absolute atomic E-state index is 0.0254. The molecule has 7 heteroatoms. The second-order valence-electron chi connectivity index (χ2n) is 4.43. The number of hydrogen-bond acceptors (Lipinski definition) is 2. The van der Waals surface area contributed by atoms with Gasteiger partial charge in [0.25, 0.3) is 0 Å². The summed E-state index contributed by atoms with van der Waals surface area (Å²) >= 11 is 2.99. The number of nitrogens with one attached hydrogen (secondary N) is 2. The quantitative estimate of drug-likeness (QED) is 0.846. The predicted molar refractivity (Wildman–Crippen MR) is 75.5 cm³/mol. The van der Waals surface area contributed by atoms with Crippen molar-refractivity contribution < 1.29 is 18.0 Å². The lowest BCUT2D eigenvalue weighted by molar-refractivity contribution is -0.137. The van der Waals surface area contributed by atoms with Gasteiger partial charge in [0.15, 0.2) is 0 Å². The minimum atomic E-state index is -4.52. The van der Waals surface area contributed by atoms with Gasteiger partial charge in [-0.05, 0) is 31.5 Å². The fourth-order valence-electron chi connectivity index (χ4n) is 1.47. The number of anilines is 1. The molecule has 112 valence electrons. The first-order valence-electron chi connectivity index (χ1n) is 6.14. The Morgan fingerprint density at radius 3 is 2.60 bits per heavy atom. The van der Waals surface area contributed by atoms with E-state index in [4.69, 9.17) is 0 Å². The zero-order chi connectivity index (χ0) is 15.3. The number of carbonyl (C=O) groups is 1. The van der Waals surface area contributed by atoms with Gasteiger partial charge in [-0.3, -0.25) is 4.79 Å². The Morgan fingerprint density at radius 2 is 2.05 bits per heavy atom. The summed E-state index contributed by atoms with van der Waals surface area (Å²) in [6, 6.07) is 3.76. The van der Waals surface area contributed by atoms with E-state index in [2.05, 4.69) is 26.6 Å². The SMILES string of the molecule is CCC(C)NCC(=O)Nc1ccc(Br)cc1C(F)(F)F. The van der Waals surface area contributed by atoms with E-state index < -0.39 is 17.6 Å². The summed E-state index contributed by atoms with van der Waals surface area (Å²) in [5, 5.41) is 5.20. The van der Waals surface area contributed by atoms with E-state index in [1.807, 2.05) is 13.8 Å². The number of benzene rings is 1. The van der Waals surface area contributed by atoms with Crippen molar-refractivity contribution in [2.75, 3.05) is 11.9 Å². The van der Waals surface area contributed by atoms with E-state index in [9.17, 15) is 18.0 Å². The van der Waals surface area contributed by atoms with Crippen LogP contribution in [0.5, 0.6) is 0 Å². The highest BCUT2D eigenvalue weighted by Gasteiger charge is 2.34.